The Hall–Kier alpha value is -2.24. The van der Waals surface area contributed by atoms with Crippen molar-refractivity contribution in [2.75, 3.05) is 7.11 Å². The molecular formula is C20H18Cl2N2O6S2. The summed E-state index contributed by atoms with van der Waals surface area (Å²) in [4.78, 5) is 13.7. The van der Waals surface area contributed by atoms with Crippen LogP contribution in [0.2, 0.25) is 10.0 Å². The highest BCUT2D eigenvalue weighted by atomic mass is 35.5. The van der Waals surface area contributed by atoms with Gasteiger partial charge in [-0.3, -0.25) is 9.78 Å². The molecule has 1 saturated carbocycles. The van der Waals surface area contributed by atoms with E-state index < -0.39 is 10.0 Å². The average molecular weight is 517 g/mol. The van der Waals surface area contributed by atoms with Crippen LogP contribution in [0.5, 0.6) is 23.1 Å². The van der Waals surface area contributed by atoms with Crippen LogP contribution in [0.1, 0.15) is 23.3 Å². The molecule has 1 aliphatic rings. The number of hydrogen-bond donors (Lipinski definition) is 3. The maximum Gasteiger partial charge on any atom is 0.307 e. The molecule has 32 heavy (non-hydrogen) atoms. The smallest absolute Gasteiger partial charge is 0.307 e. The number of aromatic hydroxyl groups is 1. The molecular weight excluding hydrogens is 499 g/mol. The quantitative estimate of drug-likeness (QED) is 0.411. The minimum absolute atomic E-state index is 0.0499. The number of nitrogens with one attached hydrogen (secondary N) is 2. The van der Waals surface area contributed by atoms with E-state index in [9.17, 15) is 18.3 Å². The highest BCUT2D eigenvalue weighted by molar-refractivity contribution is 7.89. The SMILES string of the molecule is COc1ccc(Oc2c(Cl)cc(Cc3sc(=O)[nH]c3O)cc2Cl)cc1S(=O)(=O)NC1CC1. The zero-order chi connectivity index (χ0) is 23.0. The van der Waals surface area contributed by atoms with Gasteiger partial charge in [0, 0.05) is 18.5 Å². The standard InChI is InChI=1S/C20H18Cl2N2O6S2/c1-29-15-5-4-12(9-17(15)32(27,28)24-11-2-3-11)30-18-13(21)6-10(7-14(18)22)8-16-19(25)23-20(26)31-16/h4-7,9,11,24-25H,2-3,8H2,1H3,(H,23,26). The maximum absolute atomic E-state index is 12.7. The molecule has 8 nitrogen and oxygen atoms in total. The molecule has 1 aliphatic carbocycles. The highest BCUT2D eigenvalue weighted by Gasteiger charge is 2.30. The van der Waals surface area contributed by atoms with Crippen molar-refractivity contribution in [3.05, 3.63) is 60.5 Å². The minimum atomic E-state index is -3.79. The lowest BCUT2D eigenvalue weighted by Gasteiger charge is -2.14. The number of sulfonamides is 1. The van der Waals surface area contributed by atoms with Crippen molar-refractivity contribution in [3.63, 3.8) is 0 Å². The van der Waals surface area contributed by atoms with Crippen LogP contribution in [0.15, 0.2) is 40.0 Å². The second-order valence-corrected chi connectivity index (χ2v) is 10.7. The lowest BCUT2D eigenvalue weighted by atomic mass is 10.1. The predicted octanol–water partition coefficient (Wildman–Crippen LogP) is 4.28. The first-order valence-electron chi connectivity index (χ1n) is 9.43. The fraction of sp³-hybridized carbons (Fsp3) is 0.250. The fourth-order valence-corrected chi connectivity index (χ4v) is 5.86. The van der Waals surface area contributed by atoms with Gasteiger partial charge in [-0.15, -0.1) is 0 Å². The summed E-state index contributed by atoms with van der Waals surface area (Å²) in [5.74, 6) is 0.343. The van der Waals surface area contributed by atoms with E-state index in [1.165, 1.54) is 19.2 Å². The number of thiazole rings is 1. The second kappa shape index (κ2) is 8.95. The van der Waals surface area contributed by atoms with E-state index in [-0.39, 0.29) is 55.4 Å². The van der Waals surface area contributed by atoms with Crippen molar-refractivity contribution in [1.29, 1.82) is 0 Å². The van der Waals surface area contributed by atoms with E-state index in [1.807, 2.05) is 0 Å². The Labute approximate surface area is 197 Å². The molecule has 3 N–H and O–H groups in total. The summed E-state index contributed by atoms with van der Waals surface area (Å²) in [6.45, 7) is 0. The lowest BCUT2D eigenvalue weighted by Crippen LogP contribution is -2.26. The Morgan fingerprint density at radius 2 is 1.91 bits per heavy atom. The van der Waals surface area contributed by atoms with Gasteiger partial charge in [-0.05, 0) is 42.7 Å². The number of H-pyrrole nitrogens is 1. The van der Waals surface area contributed by atoms with Crippen molar-refractivity contribution < 1.29 is 23.0 Å². The van der Waals surface area contributed by atoms with Crippen molar-refractivity contribution in [3.8, 4) is 23.1 Å². The van der Waals surface area contributed by atoms with Crippen LogP contribution in [0, 0.1) is 0 Å². The zero-order valence-electron chi connectivity index (χ0n) is 16.6. The van der Waals surface area contributed by atoms with Gasteiger partial charge in [0.25, 0.3) is 0 Å². The van der Waals surface area contributed by atoms with Gasteiger partial charge in [-0.1, -0.05) is 34.5 Å². The van der Waals surface area contributed by atoms with Gasteiger partial charge in [-0.25, -0.2) is 13.1 Å². The summed E-state index contributed by atoms with van der Waals surface area (Å²) in [6.07, 6.45) is 1.84. The molecule has 0 unspecified atom stereocenters. The topological polar surface area (TPSA) is 118 Å². The van der Waals surface area contributed by atoms with Crippen LogP contribution in [0.3, 0.4) is 0 Å². The fourth-order valence-electron chi connectivity index (χ4n) is 3.00. The number of hydrogen-bond acceptors (Lipinski definition) is 7. The summed E-state index contributed by atoms with van der Waals surface area (Å²) in [7, 11) is -2.40. The number of aromatic nitrogens is 1. The van der Waals surface area contributed by atoms with E-state index in [2.05, 4.69) is 9.71 Å². The number of methoxy groups -OCH3 is 1. The van der Waals surface area contributed by atoms with E-state index in [4.69, 9.17) is 32.7 Å². The molecule has 0 aliphatic heterocycles. The van der Waals surface area contributed by atoms with E-state index in [1.54, 1.807) is 18.2 Å². The van der Waals surface area contributed by atoms with E-state index in [0.717, 1.165) is 24.2 Å². The predicted molar refractivity (Wildman–Crippen MR) is 122 cm³/mol. The monoisotopic (exact) mass is 516 g/mol. The summed E-state index contributed by atoms with van der Waals surface area (Å²) in [5.41, 5.74) is 0.657. The number of aromatic amines is 1. The number of rotatable bonds is 8. The van der Waals surface area contributed by atoms with Gasteiger partial charge >= 0.3 is 4.87 Å². The van der Waals surface area contributed by atoms with Gasteiger partial charge < -0.3 is 14.6 Å². The van der Waals surface area contributed by atoms with Gasteiger partial charge in [0.05, 0.1) is 22.0 Å². The van der Waals surface area contributed by atoms with E-state index >= 15 is 0 Å². The van der Waals surface area contributed by atoms with Crippen molar-refractivity contribution in [2.24, 2.45) is 0 Å². The average Bonchev–Trinajstić information content (AvgIpc) is 3.47. The van der Waals surface area contributed by atoms with Crippen molar-refractivity contribution >= 4 is 44.6 Å². The molecule has 1 heterocycles. The molecule has 12 heteroatoms. The summed E-state index contributed by atoms with van der Waals surface area (Å²) in [6, 6.07) is 7.52. The molecule has 0 amide bonds. The first kappa shape index (κ1) is 22.9. The molecule has 0 bridgehead atoms. The van der Waals surface area contributed by atoms with Crippen molar-refractivity contribution in [1.82, 2.24) is 9.71 Å². The number of benzene rings is 2. The molecule has 3 aromatic rings. The summed E-state index contributed by atoms with van der Waals surface area (Å²) in [5, 5.41) is 10.1. The summed E-state index contributed by atoms with van der Waals surface area (Å²) >= 11 is 13.6. The third-order valence-electron chi connectivity index (χ3n) is 4.67. The Morgan fingerprint density at radius 1 is 1.22 bits per heavy atom. The first-order chi connectivity index (χ1) is 15.2. The van der Waals surface area contributed by atoms with Crippen LogP contribution in [-0.4, -0.2) is 31.7 Å². The molecule has 4 rings (SSSR count). The molecule has 1 fully saturated rings. The van der Waals surface area contributed by atoms with Gasteiger partial charge in [0.15, 0.2) is 5.75 Å². The zero-order valence-corrected chi connectivity index (χ0v) is 19.8. The van der Waals surface area contributed by atoms with Gasteiger partial charge in [-0.2, -0.15) is 0 Å². The van der Waals surface area contributed by atoms with Crippen LogP contribution in [-0.2, 0) is 16.4 Å². The van der Waals surface area contributed by atoms with Gasteiger partial charge in [0.1, 0.15) is 16.4 Å². The Balaban J connectivity index is 1.61. The highest BCUT2D eigenvalue weighted by Crippen LogP contribution is 2.40. The minimum Gasteiger partial charge on any atom is -0.495 e. The normalized spacial score (nSPS) is 13.8. The van der Waals surface area contributed by atoms with Crippen LogP contribution in [0.4, 0.5) is 0 Å². The molecule has 0 spiro atoms. The number of ether oxygens (including phenoxy) is 2. The molecule has 1 aromatic heterocycles. The third-order valence-corrected chi connectivity index (χ3v) is 7.64. The van der Waals surface area contributed by atoms with Crippen LogP contribution in [0.25, 0.3) is 0 Å². The van der Waals surface area contributed by atoms with Crippen LogP contribution < -0.4 is 19.1 Å². The van der Waals surface area contributed by atoms with Crippen LogP contribution >= 0.6 is 34.5 Å². The Kier molecular flexibility index (Phi) is 6.42. The molecule has 170 valence electrons. The van der Waals surface area contributed by atoms with Gasteiger partial charge in [0.2, 0.25) is 15.9 Å². The van der Waals surface area contributed by atoms with E-state index in [0.29, 0.717) is 10.4 Å². The Bertz CT molecular complexity index is 1310. The molecule has 0 atom stereocenters. The second-order valence-electron chi connectivity index (χ2n) is 7.16. The molecule has 0 saturated heterocycles. The molecule has 2 aromatic carbocycles. The largest absolute Gasteiger partial charge is 0.495 e. The summed E-state index contributed by atoms with van der Waals surface area (Å²) < 4.78 is 39.0. The number of halogens is 2. The molecule has 0 radical (unpaired) electrons. The maximum atomic E-state index is 12.7. The Morgan fingerprint density at radius 3 is 2.47 bits per heavy atom. The first-order valence-corrected chi connectivity index (χ1v) is 12.5. The third kappa shape index (κ3) is 5.05. The van der Waals surface area contributed by atoms with Crippen molar-refractivity contribution in [2.45, 2.75) is 30.2 Å². The lowest BCUT2D eigenvalue weighted by molar-refractivity contribution is 0.399.